The Balaban J connectivity index is 1.88. The van der Waals surface area contributed by atoms with Gasteiger partial charge in [0.1, 0.15) is 12.6 Å². The molecule has 3 saturated carbocycles. The molecule has 0 spiro atoms. The molecule has 3 aliphatic rings. The summed E-state index contributed by atoms with van der Waals surface area (Å²) in [7, 11) is 0. The molecule has 2 nitrogen and oxygen atoms in total. The van der Waals surface area contributed by atoms with Crippen LogP contribution in [0.15, 0.2) is 0 Å². The topological polar surface area (TPSA) is 34.1 Å². The van der Waals surface area contributed by atoms with Gasteiger partial charge in [-0.15, -0.1) is 0 Å². The van der Waals surface area contributed by atoms with Crippen LogP contribution in [0.4, 0.5) is 0 Å². The van der Waals surface area contributed by atoms with Gasteiger partial charge < -0.3 is 9.59 Å². The van der Waals surface area contributed by atoms with E-state index in [0.29, 0.717) is 11.8 Å². The Morgan fingerprint density at radius 2 is 1.64 bits per heavy atom. The molecule has 0 aromatic rings. The molecular weight excluding hydrogens is 176 g/mol. The van der Waals surface area contributed by atoms with Crippen LogP contribution in [0, 0.1) is 35.5 Å². The van der Waals surface area contributed by atoms with E-state index in [9.17, 15) is 9.59 Å². The van der Waals surface area contributed by atoms with Crippen LogP contribution >= 0.6 is 0 Å². The van der Waals surface area contributed by atoms with E-state index in [0.717, 1.165) is 37.2 Å². The molecule has 0 saturated heterocycles. The number of carbonyl (C=O) groups is 2. The summed E-state index contributed by atoms with van der Waals surface area (Å²) in [6.45, 7) is 0. The minimum Gasteiger partial charge on any atom is -0.303 e. The monoisotopic (exact) mass is 192 g/mol. The highest BCUT2D eigenvalue weighted by atomic mass is 16.1. The van der Waals surface area contributed by atoms with Gasteiger partial charge in [0, 0.05) is 11.8 Å². The Hall–Kier alpha value is -0.660. The highest BCUT2D eigenvalue weighted by molar-refractivity contribution is 5.58. The van der Waals surface area contributed by atoms with E-state index in [1.54, 1.807) is 0 Å². The molecule has 0 radical (unpaired) electrons. The third-order valence-electron chi connectivity index (χ3n) is 4.97. The summed E-state index contributed by atoms with van der Waals surface area (Å²) in [4.78, 5) is 21.8. The molecule has 76 valence electrons. The molecule has 0 aromatic carbocycles. The summed E-state index contributed by atoms with van der Waals surface area (Å²) in [5, 5.41) is 0. The zero-order valence-corrected chi connectivity index (χ0v) is 8.26. The van der Waals surface area contributed by atoms with Gasteiger partial charge in [0.25, 0.3) is 0 Å². The fourth-order valence-corrected chi connectivity index (χ4v) is 4.52. The van der Waals surface area contributed by atoms with Crippen molar-refractivity contribution in [2.75, 3.05) is 0 Å². The van der Waals surface area contributed by atoms with Crippen LogP contribution in [-0.2, 0) is 9.59 Å². The Morgan fingerprint density at radius 1 is 0.857 bits per heavy atom. The van der Waals surface area contributed by atoms with Crippen molar-refractivity contribution in [3.05, 3.63) is 0 Å². The third-order valence-corrected chi connectivity index (χ3v) is 4.97. The normalized spacial score (nSPS) is 54.6. The molecule has 0 aliphatic heterocycles. The zero-order valence-electron chi connectivity index (χ0n) is 8.26. The molecule has 6 unspecified atom stereocenters. The maximum absolute atomic E-state index is 10.9. The van der Waals surface area contributed by atoms with Gasteiger partial charge in [0.2, 0.25) is 0 Å². The first-order valence-corrected chi connectivity index (χ1v) is 5.75. The second-order valence-corrected chi connectivity index (χ2v) is 5.31. The molecule has 0 aromatic heterocycles. The minimum absolute atomic E-state index is 0.276. The van der Waals surface area contributed by atoms with Gasteiger partial charge in [0.15, 0.2) is 0 Å². The van der Waals surface area contributed by atoms with Gasteiger partial charge >= 0.3 is 0 Å². The number of carbonyl (C=O) groups excluding carboxylic acids is 2. The lowest BCUT2D eigenvalue weighted by Gasteiger charge is -2.30. The first kappa shape index (κ1) is 8.63. The zero-order chi connectivity index (χ0) is 9.71. The smallest absolute Gasteiger partial charge is 0.123 e. The van der Waals surface area contributed by atoms with Crippen LogP contribution in [0.1, 0.15) is 25.7 Å². The van der Waals surface area contributed by atoms with Crippen molar-refractivity contribution in [1.29, 1.82) is 0 Å². The van der Waals surface area contributed by atoms with Crippen molar-refractivity contribution >= 4 is 12.6 Å². The molecular formula is C12H16O2. The maximum Gasteiger partial charge on any atom is 0.123 e. The predicted molar refractivity (Wildman–Crippen MR) is 51.5 cm³/mol. The van der Waals surface area contributed by atoms with Crippen molar-refractivity contribution in [1.82, 2.24) is 0 Å². The van der Waals surface area contributed by atoms with Gasteiger partial charge in [0.05, 0.1) is 0 Å². The molecule has 3 rings (SSSR count). The van der Waals surface area contributed by atoms with Crippen LogP contribution < -0.4 is 0 Å². The molecule has 14 heavy (non-hydrogen) atoms. The third kappa shape index (κ3) is 0.918. The summed E-state index contributed by atoms with van der Waals surface area (Å²) in [6, 6.07) is 0. The van der Waals surface area contributed by atoms with Crippen molar-refractivity contribution in [3.8, 4) is 0 Å². The van der Waals surface area contributed by atoms with Gasteiger partial charge in [-0.25, -0.2) is 0 Å². The lowest BCUT2D eigenvalue weighted by Crippen LogP contribution is -2.29. The number of hydrogen-bond donors (Lipinski definition) is 0. The van der Waals surface area contributed by atoms with Crippen molar-refractivity contribution in [2.45, 2.75) is 25.7 Å². The Kier molecular flexibility index (Phi) is 1.80. The molecule has 3 aliphatic carbocycles. The van der Waals surface area contributed by atoms with E-state index in [-0.39, 0.29) is 11.8 Å². The summed E-state index contributed by atoms with van der Waals surface area (Å²) in [5.74, 6) is 3.23. The largest absolute Gasteiger partial charge is 0.303 e. The van der Waals surface area contributed by atoms with Gasteiger partial charge in [-0.2, -0.15) is 0 Å². The fourth-order valence-electron chi connectivity index (χ4n) is 4.52. The molecule has 0 amide bonds. The fraction of sp³-hybridized carbons (Fsp3) is 0.833. The molecule has 2 heteroatoms. The Morgan fingerprint density at radius 3 is 2.36 bits per heavy atom. The number of aldehydes is 2. The SMILES string of the molecule is O=CC1CC2CC1C1C(C=O)CCC21. The average Bonchev–Trinajstić information content (AvgIpc) is 2.87. The minimum atomic E-state index is 0.276. The van der Waals surface area contributed by atoms with Crippen LogP contribution in [0.2, 0.25) is 0 Å². The molecule has 2 bridgehead atoms. The van der Waals surface area contributed by atoms with E-state index < -0.39 is 0 Å². The van der Waals surface area contributed by atoms with Crippen LogP contribution in [0.5, 0.6) is 0 Å². The first-order chi connectivity index (χ1) is 6.85. The number of hydrogen-bond acceptors (Lipinski definition) is 2. The van der Waals surface area contributed by atoms with Gasteiger partial charge in [-0.3, -0.25) is 0 Å². The first-order valence-electron chi connectivity index (χ1n) is 5.75. The van der Waals surface area contributed by atoms with Crippen molar-refractivity contribution in [3.63, 3.8) is 0 Å². The number of rotatable bonds is 2. The standard InChI is InChI=1S/C12H16O2/c13-5-7-1-2-10-8-3-9(6-14)11(4-8)12(7)10/h5-12H,1-4H2. The van der Waals surface area contributed by atoms with Crippen LogP contribution in [-0.4, -0.2) is 12.6 Å². The van der Waals surface area contributed by atoms with E-state index in [1.807, 2.05) is 0 Å². The van der Waals surface area contributed by atoms with E-state index >= 15 is 0 Å². The van der Waals surface area contributed by atoms with E-state index in [4.69, 9.17) is 0 Å². The lowest BCUT2D eigenvalue weighted by atomic mass is 9.73. The quantitative estimate of drug-likeness (QED) is 0.624. The summed E-state index contributed by atoms with van der Waals surface area (Å²) in [6.07, 6.45) is 6.94. The van der Waals surface area contributed by atoms with Crippen molar-refractivity contribution in [2.24, 2.45) is 35.5 Å². The van der Waals surface area contributed by atoms with Crippen molar-refractivity contribution < 1.29 is 9.59 Å². The highest BCUT2D eigenvalue weighted by Crippen LogP contribution is 2.61. The average molecular weight is 192 g/mol. The Bertz CT molecular complexity index is 273. The predicted octanol–water partition coefficient (Wildman–Crippen LogP) is 1.68. The van der Waals surface area contributed by atoms with Gasteiger partial charge in [-0.05, 0) is 49.4 Å². The van der Waals surface area contributed by atoms with Crippen LogP contribution in [0.3, 0.4) is 0 Å². The molecule has 6 atom stereocenters. The van der Waals surface area contributed by atoms with Crippen LogP contribution in [0.25, 0.3) is 0 Å². The maximum atomic E-state index is 10.9. The molecule has 3 fully saturated rings. The lowest BCUT2D eigenvalue weighted by molar-refractivity contribution is -0.116. The Labute approximate surface area is 84.1 Å². The second-order valence-electron chi connectivity index (χ2n) is 5.31. The van der Waals surface area contributed by atoms with E-state index in [2.05, 4.69) is 0 Å². The molecule has 0 N–H and O–H groups in total. The highest BCUT2D eigenvalue weighted by Gasteiger charge is 2.56. The number of fused-ring (bicyclic) bond motifs is 5. The summed E-state index contributed by atoms with van der Waals surface area (Å²) in [5.41, 5.74) is 0. The van der Waals surface area contributed by atoms with Gasteiger partial charge in [-0.1, -0.05) is 0 Å². The second kappa shape index (κ2) is 2.91. The molecule has 0 heterocycles. The summed E-state index contributed by atoms with van der Waals surface area (Å²) < 4.78 is 0. The summed E-state index contributed by atoms with van der Waals surface area (Å²) >= 11 is 0. The van der Waals surface area contributed by atoms with E-state index in [1.165, 1.54) is 12.8 Å².